The molecule has 180 valence electrons. The van der Waals surface area contributed by atoms with Gasteiger partial charge in [-0.3, -0.25) is 14.5 Å². The minimum atomic E-state index is -0.237. The van der Waals surface area contributed by atoms with Crippen LogP contribution in [0.1, 0.15) is 30.0 Å². The van der Waals surface area contributed by atoms with Gasteiger partial charge in [0.2, 0.25) is 5.91 Å². The lowest BCUT2D eigenvalue weighted by molar-refractivity contribution is -0.130. The number of carbonyl (C=O) groups is 2. The molecule has 2 amide bonds. The summed E-state index contributed by atoms with van der Waals surface area (Å²) in [5.74, 6) is 1.95. The molecule has 9 heteroatoms. The zero-order valence-corrected chi connectivity index (χ0v) is 20.1. The Hall–Kier alpha value is -3.59. The third kappa shape index (κ3) is 4.84. The predicted molar refractivity (Wildman–Crippen MR) is 130 cm³/mol. The standard InChI is InChI=1S/C25H31N5O4/c1-5-30-21-8-7-19(26-25(32)18-6-9-22(33-3)23(14-18)34-4)15-20(21)27-24(30)16-28-10-12-29(13-11-28)17(2)31/h6-9,14-15H,5,10-13,16H2,1-4H3,(H,26,32). The van der Waals surface area contributed by atoms with Gasteiger partial charge in [-0.1, -0.05) is 0 Å². The number of aryl methyl sites for hydroxylation is 1. The molecule has 1 aliphatic rings. The Bertz CT molecular complexity index is 1200. The molecule has 3 aromatic rings. The molecule has 0 aliphatic carbocycles. The normalized spacial score (nSPS) is 14.3. The third-order valence-electron chi connectivity index (χ3n) is 6.23. The molecule has 0 bridgehead atoms. The SMILES string of the molecule is CCn1c(CN2CCN(C(C)=O)CC2)nc2cc(NC(=O)c3ccc(OC)c(OC)c3)ccc21. The van der Waals surface area contributed by atoms with Crippen molar-refractivity contribution in [2.75, 3.05) is 45.7 Å². The topological polar surface area (TPSA) is 88.9 Å². The number of hydrogen-bond donors (Lipinski definition) is 1. The molecule has 34 heavy (non-hydrogen) atoms. The average Bonchev–Trinajstić information content (AvgIpc) is 3.19. The first-order valence-electron chi connectivity index (χ1n) is 11.4. The lowest BCUT2D eigenvalue weighted by atomic mass is 10.1. The number of imidazole rings is 1. The van der Waals surface area contributed by atoms with Crippen molar-refractivity contribution in [2.24, 2.45) is 0 Å². The van der Waals surface area contributed by atoms with Gasteiger partial charge in [-0.2, -0.15) is 0 Å². The van der Waals surface area contributed by atoms with Gasteiger partial charge in [-0.15, -0.1) is 0 Å². The highest BCUT2D eigenvalue weighted by molar-refractivity contribution is 6.05. The van der Waals surface area contributed by atoms with E-state index >= 15 is 0 Å². The van der Waals surface area contributed by atoms with Crippen molar-refractivity contribution in [1.82, 2.24) is 19.4 Å². The zero-order chi connectivity index (χ0) is 24.2. The van der Waals surface area contributed by atoms with Gasteiger partial charge in [0.1, 0.15) is 5.82 Å². The van der Waals surface area contributed by atoms with Gasteiger partial charge >= 0.3 is 0 Å². The second-order valence-electron chi connectivity index (χ2n) is 8.28. The van der Waals surface area contributed by atoms with Crippen LogP contribution in [0, 0.1) is 0 Å². The summed E-state index contributed by atoms with van der Waals surface area (Å²) in [6.07, 6.45) is 0. The molecular formula is C25H31N5O4. The molecule has 1 N–H and O–H groups in total. The van der Waals surface area contributed by atoms with E-state index in [9.17, 15) is 9.59 Å². The quantitative estimate of drug-likeness (QED) is 0.577. The van der Waals surface area contributed by atoms with E-state index in [1.54, 1.807) is 39.3 Å². The lowest BCUT2D eigenvalue weighted by Gasteiger charge is -2.33. The number of fused-ring (bicyclic) bond motifs is 1. The summed E-state index contributed by atoms with van der Waals surface area (Å²) >= 11 is 0. The fraction of sp³-hybridized carbons (Fsp3) is 0.400. The van der Waals surface area contributed by atoms with Crippen molar-refractivity contribution in [1.29, 1.82) is 0 Å². The number of aromatic nitrogens is 2. The Morgan fingerprint density at radius 2 is 1.74 bits per heavy atom. The maximum atomic E-state index is 12.8. The summed E-state index contributed by atoms with van der Waals surface area (Å²) < 4.78 is 12.7. The highest BCUT2D eigenvalue weighted by Crippen LogP contribution is 2.28. The number of rotatable bonds is 7. The fourth-order valence-corrected chi connectivity index (χ4v) is 4.33. The van der Waals surface area contributed by atoms with Gasteiger partial charge in [0, 0.05) is 50.9 Å². The first-order valence-corrected chi connectivity index (χ1v) is 11.4. The number of amides is 2. The average molecular weight is 466 g/mol. The van der Waals surface area contributed by atoms with E-state index in [0.717, 1.165) is 56.1 Å². The number of ether oxygens (including phenoxy) is 2. The van der Waals surface area contributed by atoms with Crippen LogP contribution in [0.15, 0.2) is 36.4 Å². The molecule has 4 rings (SSSR count). The van der Waals surface area contributed by atoms with Gasteiger partial charge < -0.3 is 24.3 Å². The van der Waals surface area contributed by atoms with Gasteiger partial charge in [0.25, 0.3) is 5.91 Å². The van der Waals surface area contributed by atoms with E-state index in [4.69, 9.17) is 14.5 Å². The Labute approximate surface area is 199 Å². The second-order valence-corrected chi connectivity index (χ2v) is 8.28. The molecule has 2 aromatic carbocycles. The van der Waals surface area contributed by atoms with Crippen molar-refractivity contribution in [3.8, 4) is 11.5 Å². The first-order chi connectivity index (χ1) is 16.4. The van der Waals surface area contributed by atoms with Crippen molar-refractivity contribution < 1.29 is 19.1 Å². The number of hydrogen-bond acceptors (Lipinski definition) is 6. The van der Waals surface area contributed by atoms with Crippen LogP contribution < -0.4 is 14.8 Å². The monoisotopic (exact) mass is 465 g/mol. The molecule has 9 nitrogen and oxygen atoms in total. The second kappa shape index (κ2) is 10.1. The number of nitrogens with zero attached hydrogens (tertiary/aromatic N) is 4. The molecule has 1 fully saturated rings. The molecule has 1 aromatic heterocycles. The van der Waals surface area contributed by atoms with Crippen LogP contribution in [0.4, 0.5) is 5.69 Å². The number of benzene rings is 2. The lowest BCUT2D eigenvalue weighted by Crippen LogP contribution is -2.47. The van der Waals surface area contributed by atoms with Crippen LogP contribution in [0.3, 0.4) is 0 Å². The highest BCUT2D eigenvalue weighted by Gasteiger charge is 2.21. The molecule has 0 radical (unpaired) electrons. The maximum absolute atomic E-state index is 12.8. The third-order valence-corrected chi connectivity index (χ3v) is 6.23. The molecule has 0 unspecified atom stereocenters. The minimum absolute atomic E-state index is 0.128. The van der Waals surface area contributed by atoms with E-state index in [-0.39, 0.29) is 11.8 Å². The Balaban J connectivity index is 1.50. The van der Waals surface area contributed by atoms with Crippen LogP contribution in [0.2, 0.25) is 0 Å². The van der Waals surface area contributed by atoms with Gasteiger partial charge in [-0.25, -0.2) is 4.98 Å². The smallest absolute Gasteiger partial charge is 0.255 e. The van der Waals surface area contributed by atoms with Crippen LogP contribution >= 0.6 is 0 Å². The maximum Gasteiger partial charge on any atom is 0.255 e. The number of carbonyl (C=O) groups excluding carboxylic acids is 2. The summed E-state index contributed by atoms with van der Waals surface area (Å²) in [5.41, 5.74) is 3.02. The van der Waals surface area contributed by atoms with Crippen molar-refractivity contribution in [2.45, 2.75) is 26.9 Å². The Kier molecular flexibility index (Phi) is 7.02. The van der Waals surface area contributed by atoms with Gasteiger partial charge in [0.15, 0.2) is 11.5 Å². The van der Waals surface area contributed by atoms with E-state index in [2.05, 4.69) is 21.7 Å². The highest BCUT2D eigenvalue weighted by atomic mass is 16.5. The molecule has 0 spiro atoms. The van der Waals surface area contributed by atoms with Crippen molar-refractivity contribution in [3.63, 3.8) is 0 Å². The van der Waals surface area contributed by atoms with E-state index in [1.807, 2.05) is 23.1 Å². The molecule has 1 saturated heterocycles. The largest absolute Gasteiger partial charge is 0.493 e. The predicted octanol–water partition coefficient (Wildman–Crippen LogP) is 2.99. The summed E-state index contributed by atoms with van der Waals surface area (Å²) in [7, 11) is 3.10. The summed E-state index contributed by atoms with van der Waals surface area (Å²) in [6, 6.07) is 10.9. The number of methoxy groups -OCH3 is 2. The zero-order valence-electron chi connectivity index (χ0n) is 20.1. The summed E-state index contributed by atoms with van der Waals surface area (Å²) in [5, 5.41) is 2.95. The van der Waals surface area contributed by atoms with Gasteiger partial charge in [-0.05, 0) is 43.3 Å². The number of piperazine rings is 1. The van der Waals surface area contributed by atoms with Crippen molar-refractivity contribution in [3.05, 3.63) is 47.8 Å². The van der Waals surface area contributed by atoms with Crippen LogP contribution in [-0.4, -0.2) is 71.6 Å². The van der Waals surface area contributed by atoms with Gasteiger partial charge in [0.05, 0.1) is 31.8 Å². The van der Waals surface area contributed by atoms with E-state index in [0.29, 0.717) is 22.7 Å². The number of nitrogens with one attached hydrogen (secondary N) is 1. The molecule has 1 aliphatic heterocycles. The van der Waals surface area contributed by atoms with Crippen LogP contribution in [0.25, 0.3) is 11.0 Å². The Morgan fingerprint density at radius 1 is 1.00 bits per heavy atom. The van der Waals surface area contributed by atoms with Crippen LogP contribution in [-0.2, 0) is 17.9 Å². The van der Waals surface area contributed by atoms with E-state index in [1.165, 1.54) is 0 Å². The fourth-order valence-electron chi connectivity index (χ4n) is 4.33. The molecule has 0 atom stereocenters. The Morgan fingerprint density at radius 3 is 2.38 bits per heavy atom. The first kappa shape index (κ1) is 23.6. The number of anilines is 1. The molecule has 2 heterocycles. The molecular weight excluding hydrogens is 434 g/mol. The summed E-state index contributed by atoms with van der Waals surface area (Å²) in [6.45, 7) is 8.40. The van der Waals surface area contributed by atoms with Crippen molar-refractivity contribution >= 4 is 28.5 Å². The summed E-state index contributed by atoms with van der Waals surface area (Å²) in [4.78, 5) is 33.5. The van der Waals surface area contributed by atoms with E-state index < -0.39 is 0 Å². The molecule has 0 saturated carbocycles. The van der Waals surface area contributed by atoms with Crippen LogP contribution in [0.5, 0.6) is 11.5 Å². The minimum Gasteiger partial charge on any atom is -0.493 e.